The third-order valence-electron chi connectivity index (χ3n) is 4.01. The molecule has 2 unspecified atom stereocenters. The molecule has 110 valence electrons. The molecule has 3 rings (SSSR count). The fourth-order valence-electron chi connectivity index (χ4n) is 2.91. The molecule has 3 nitrogen and oxygen atoms in total. The Balaban J connectivity index is 1.86. The van der Waals surface area contributed by atoms with E-state index in [1.807, 2.05) is 18.2 Å². The van der Waals surface area contributed by atoms with E-state index in [9.17, 15) is 4.39 Å². The van der Waals surface area contributed by atoms with Gasteiger partial charge in [-0.05, 0) is 35.6 Å². The highest BCUT2D eigenvalue weighted by Crippen LogP contribution is 2.31. The van der Waals surface area contributed by atoms with Crippen LogP contribution in [0.2, 0.25) is 0 Å². The van der Waals surface area contributed by atoms with Crippen molar-refractivity contribution in [2.24, 2.45) is 5.84 Å². The minimum atomic E-state index is -0.207. The summed E-state index contributed by atoms with van der Waals surface area (Å²) in [5.74, 6) is 5.50. The van der Waals surface area contributed by atoms with Gasteiger partial charge >= 0.3 is 0 Å². The van der Waals surface area contributed by atoms with Crippen LogP contribution in [0.25, 0.3) is 0 Å². The summed E-state index contributed by atoms with van der Waals surface area (Å²) >= 11 is 0. The molecule has 1 heterocycles. The summed E-state index contributed by atoms with van der Waals surface area (Å²) in [5.41, 5.74) is 5.86. The third kappa shape index (κ3) is 2.97. The first-order valence-electron chi connectivity index (χ1n) is 7.18. The van der Waals surface area contributed by atoms with E-state index in [1.54, 1.807) is 12.1 Å². The molecule has 0 radical (unpaired) electrons. The summed E-state index contributed by atoms with van der Waals surface area (Å²) in [7, 11) is 0. The number of nitrogens with one attached hydrogen (secondary N) is 1. The van der Waals surface area contributed by atoms with Gasteiger partial charge in [0, 0.05) is 0 Å². The van der Waals surface area contributed by atoms with Crippen molar-refractivity contribution in [2.45, 2.75) is 25.0 Å². The van der Waals surface area contributed by atoms with Crippen LogP contribution < -0.4 is 11.3 Å². The van der Waals surface area contributed by atoms with Crippen molar-refractivity contribution in [1.29, 1.82) is 0 Å². The van der Waals surface area contributed by atoms with Gasteiger partial charge in [-0.2, -0.15) is 0 Å². The molecule has 21 heavy (non-hydrogen) atoms. The minimum Gasteiger partial charge on any atom is -0.371 e. The fourth-order valence-corrected chi connectivity index (χ4v) is 2.91. The number of benzene rings is 2. The molecule has 2 atom stereocenters. The van der Waals surface area contributed by atoms with Gasteiger partial charge < -0.3 is 4.74 Å². The maximum atomic E-state index is 13.8. The Bertz CT molecular complexity index is 617. The molecule has 2 aromatic carbocycles. The lowest BCUT2D eigenvalue weighted by atomic mass is 9.90. The number of hydrogen-bond acceptors (Lipinski definition) is 3. The maximum absolute atomic E-state index is 13.8. The molecule has 0 aromatic heterocycles. The Morgan fingerprint density at radius 2 is 1.95 bits per heavy atom. The quantitative estimate of drug-likeness (QED) is 0.670. The number of hydrogen-bond donors (Lipinski definition) is 2. The number of rotatable bonds is 4. The van der Waals surface area contributed by atoms with Gasteiger partial charge in [-0.25, -0.2) is 4.39 Å². The number of fused-ring (bicyclic) bond motifs is 1. The number of nitrogens with two attached hydrogens (primary N) is 1. The molecule has 0 spiro atoms. The van der Waals surface area contributed by atoms with Crippen LogP contribution in [0.5, 0.6) is 0 Å². The smallest absolute Gasteiger partial charge is 0.126 e. The molecule has 0 saturated heterocycles. The van der Waals surface area contributed by atoms with E-state index in [-0.39, 0.29) is 18.0 Å². The van der Waals surface area contributed by atoms with E-state index < -0.39 is 0 Å². The van der Waals surface area contributed by atoms with Gasteiger partial charge in [0.15, 0.2) is 0 Å². The van der Waals surface area contributed by atoms with Crippen molar-refractivity contribution in [3.05, 3.63) is 71.0 Å². The molecular weight excluding hydrogens is 267 g/mol. The molecule has 4 heteroatoms. The lowest BCUT2D eigenvalue weighted by molar-refractivity contribution is 0.0152. The van der Waals surface area contributed by atoms with Crippen LogP contribution >= 0.6 is 0 Å². The highest BCUT2D eigenvalue weighted by atomic mass is 19.1. The Kier molecular flexibility index (Phi) is 4.29. The maximum Gasteiger partial charge on any atom is 0.126 e. The normalized spacial score (nSPS) is 19.0. The summed E-state index contributed by atoms with van der Waals surface area (Å²) in [4.78, 5) is 0. The van der Waals surface area contributed by atoms with Gasteiger partial charge in [0.05, 0.1) is 18.8 Å². The van der Waals surface area contributed by atoms with E-state index in [2.05, 4.69) is 17.6 Å². The van der Waals surface area contributed by atoms with Crippen LogP contribution in [0, 0.1) is 5.82 Å². The van der Waals surface area contributed by atoms with E-state index in [4.69, 9.17) is 10.6 Å². The standard InChI is InChI=1S/C17H19FN2O/c18-15-8-4-2-6-13(15)11-16(20-19)17-14-7-3-1-5-12(14)9-10-21-17/h1-8,16-17,20H,9-11,19H2. The number of hydrazine groups is 1. The fraction of sp³-hybridized carbons (Fsp3) is 0.294. The lowest BCUT2D eigenvalue weighted by Crippen LogP contribution is -2.44. The van der Waals surface area contributed by atoms with Crippen molar-refractivity contribution >= 4 is 0 Å². The van der Waals surface area contributed by atoms with Crippen LogP contribution in [0.15, 0.2) is 48.5 Å². The zero-order chi connectivity index (χ0) is 14.7. The minimum absolute atomic E-state index is 0.153. The summed E-state index contributed by atoms with van der Waals surface area (Å²) in [5, 5.41) is 0. The first-order chi connectivity index (χ1) is 10.3. The summed E-state index contributed by atoms with van der Waals surface area (Å²) < 4.78 is 19.7. The first-order valence-corrected chi connectivity index (χ1v) is 7.18. The molecule has 0 fully saturated rings. The van der Waals surface area contributed by atoms with Crippen molar-refractivity contribution in [3.8, 4) is 0 Å². The molecule has 3 N–H and O–H groups in total. The van der Waals surface area contributed by atoms with Crippen LogP contribution in [-0.2, 0) is 17.6 Å². The monoisotopic (exact) mass is 286 g/mol. The Morgan fingerprint density at radius 3 is 2.76 bits per heavy atom. The van der Waals surface area contributed by atoms with Crippen LogP contribution in [0.1, 0.15) is 22.8 Å². The van der Waals surface area contributed by atoms with Crippen molar-refractivity contribution < 1.29 is 9.13 Å². The molecule has 0 aliphatic carbocycles. The Labute approximate surface area is 123 Å². The third-order valence-corrected chi connectivity index (χ3v) is 4.01. The second-order valence-electron chi connectivity index (χ2n) is 5.31. The van der Waals surface area contributed by atoms with Gasteiger partial charge in [0.2, 0.25) is 0 Å². The second-order valence-corrected chi connectivity index (χ2v) is 5.31. The Hall–Kier alpha value is -1.75. The van der Waals surface area contributed by atoms with Crippen molar-refractivity contribution in [1.82, 2.24) is 5.43 Å². The van der Waals surface area contributed by atoms with E-state index in [0.717, 1.165) is 12.0 Å². The van der Waals surface area contributed by atoms with E-state index in [1.165, 1.54) is 11.6 Å². The van der Waals surface area contributed by atoms with Crippen LogP contribution in [0.4, 0.5) is 4.39 Å². The number of halogens is 1. The van der Waals surface area contributed by atoms with Crippen LogP contribution in [0.3, 0.4) is 0 Å². The average Bonchev–Trinajstić information content (AvgIpc) is 2.54. The predicted molar refractivity (Wildman–Crippen MR) is 80.1 cm³/mol. The van der Waals surface area contributed by atoms with Gasteiger partial charge in [-0.15, -0.1) is 0 Å². The zero-order valence-electron chi connectivity index (χ0n) is 11.8. The molecule has 1 aliphatic rings. The first kappa shape index (κ1) is 14.2. The van der Waals surface area contributed by atoms with Crippen molar-refractivity contribution in [2.75, 3.05) is 6.61 Å². The number of ether oxygens (including phenoxy) is 1. The van der Waals surface area contributed by atoms with Gasteiger partial charge in [-0.3, -0.25) is 11.3 Å². The zero-order valence-corrected chi connectivity index (χ0v) is 11.8. The van der Waals surface area contributed by atoms with Gasteiger partial charge in [0.1, 0.15) is 5.82 Å². The summed E-state index contributed by atoms with van der Waals surface area (Å²) in [6.45, 7) is 0.664. The Morgan fingerprint density at radius 1 is 1.19 bits per heavy atom. The SMILES string of the molecule is NNC(Cc1ccccc1F)C1OCCc2ccccc21. The molecule has 0 bridgehead atoms. The van der Waals surface area contributed by atoms with E-state index in [0.29, 0.717) is 18.6 Å². The highest BCUT2D eigenvalue weighted by Gasteiger charge is 2.28. The summed E-state index contributed by atoms with van der Waals surface area (Å²) in [6, 6.07) is 14.8. The lowest BCUT2D eigenvalue weighted by Gasteiger charge is -2.32. The molecule has 1 aliphatic heterocycles. The second kappa shape index (κ2) is 6.35. The largest absolute Gasteiger partial charge is 0.371 e. The molecule has 2 aromatic rings. The van der Waals surface area contributed by atoms with Gasteiger partial charge in [0.25, 0.3) is 0 Å². The average molecular weight is 286 g/mol. The highest BCUT2D eigenvalue weighted by molar-refractivity contribution is 5.32. The molecule has 0 saturated carbocycles. The predicted octanol–water partition coefficient (Wildman–Crippen LogP) is 2.51. The van der Waals surface area contributed by atoms with E-state index >= 15 is 0 Å². The molecular formula is C17H19FN2O. The topological polar surface area (TPSA) is 47.3 Å². The van der Waals surface area contributed by atoms with Gasteiger partial charge in [-0.1, -0.05) is 42.5 Å². The van der Waals surface area contributed by atoms with Crippen molar-refractivity contribution in [3.63, 3.8) is 0 Å². The van der Waals surface area contributed by atoms with Crippen LogP contribution in [-0.4, -0.2) is 12.6 Å². The molecule has 0 amide bonds. The summed E-state index contributed by atoms with van der Waals surface area (Å²) in [6.07, 6.45) is 1.24.